The molecule has 1 fully saturated rings. The average molecular weight is 631 g/mol. The van der Waals surface area contributed by atoms with Crippen LogP contribution in [0, 0.1) is 10.1 Å². The van der Waals surface area contributed by atoms with E-state index in [1.165, 1.54) is 25.3 Å². The fraction of sp³-hybridized carbons (Fsp3) is 0.483. The molecule has 3 N–H and O–H groups in total. The average Bonchev–Trinajstić information content (AvgIpc) is 2.98. The molecule has 0 saturated carbocycles. The number of non-ortho nitro benzene ring substituents is 1. The summed E-state index contributed by atoms with van der Waals surface area (Å²) in [4.78, 5) is 69.6. The Balaban J connectivity index is 1.96. The molecule has 1 aromatic heterocycles. The van der Waals surface area contributed by atoms with Gasteiger partial charge in [0.25, 0.3) is 5.69 Å². The summed E-state index contributed by atoms with van der Waals surface area (Å²) in [5.74, 6) is -3.79. The van der Waals surface area contributed by atoms with Crippen LogP contribution in [0.15, 0.2) is 42.5 Å². The van der Waals surface area contributed by atoms with Crippen molar-refractivity contribution in [1.29, 1.82) is 0 Å². The molecule has 3 rings (SSSR count). The third-order valence-corrected chi connectivity index (χ3v) is 7.42. The van der Waals surface area contributed by atoms with Crippen LogP contribution in [0.3, 0.4) is 0 Å². The Morgan fingerprint density at radius 2 is 1.42 bits per heavy atom. The van der Waals surface area contributed by atoms with Crippen LogP contribution >= 0.6 is 0 Å². The van der Waals surface area contributed by atoms with E-state index in [2.05, 4.69) is 4.98 Å². The smallest absolute Gasteiger partial charge is 0.356 e. The third-order valence-electron chi connectivity index (χ3n) is 7.42. The summed E-state index contributed by atoms with van der Waals surface area (Å²) in [5.41, 5.74) is 1.31. The van der Waals surface area contributed by atoms with Gasteiger partial charge in [-0.1, -0.05) is 18.2 Å². The fourth-order valence-corrected chi connectivity index (χ4v) is 5.21. The minimum Gasteiger partial charge on any atom is -0.480 e. The Morgan fingerprint density at radius 3 is 2.02 bits per heavy atom. The molecule has 0 spiro atoms. The van der Waals surface area contributed by atoms with Crippen molar-refractivity contribution in [3.8, 4) is 0 Å². The number of nitrogens with zero attached hydrogens (tertiary/aromatic N) is 6. The standard InChI is InChI=1S/C29H38N6O10/c1-45-29(42)25-4-2-3-22(30-25)16-31-9-10-32(18-26(36)37)11-12-33(19-27(38)39)17-24(34(14-13-31)20-28(40)41)15-21-5-7-23(8-6-21)35(43)44/h2-8,24H,9-20H2,1H3,(H,36,37)(H,38,39)(H,40,41). The SMILES string of the molecule is COC(=O)c1cccc(CN2CCN(CC(=O)O)CCN(CC(=O)O)CC(Cc3ccc([N+](=O)[O-])cc3)N(CC(=O)O)CC2)n1. The van der Waals surface area contributed by atoms with Crippen molar-refractivity contribution in [3.63, 3.8) is 0 Å². The van der Waals surface area contributed by atoms with Gasteiger partial charge in [0.15, 0.2) is 0 Å². The van der Waals surface area contributed by atoms with Crippen LogP contribution < -0.4 is 0 Å². The molecule has 1 saturated heterocycles. The van der Waals surface area contributed by atoms with E-state index in [1.807, 2.05) is 4.90 Å². The van der Waals surface area contributed by atoms with E-state index < -0.39 is 34.8 Å². The second-order valence-electron chi connectivity index (χ2n) is 10.7. The number of carboxylic acids is 3. The van der Waals surface area contributed by atoms with Gasteiger partial charge in [-0.05, 0) is 24.1 Å². The van der Waals surface area contributed by atoms with Crippen LogP contribution in [-0.2, 0) is 32.1 Å². The number of aromatic nitrogens is 1. The summed E-state index contributed by atoms with van der Waals surface area (Å²) in [6.45, 7) is 1.24. The zero-order valence-electron chi connectivity index (χ0n) is 25.0. The number of nitro groups is 1. The molecule has 0 bridgehead atoms. The maximum absolute atomic E-state index is 12.0. The number of ether oxygens (including phenoxy) is 1. The van der Waals surface area contributed by atoms with Crippen LogP contribution in [0.2, 0.25) is 0 Å². The second kappa shape index (κ2) is 17.1. The first-order valence-electron chi connectivity index (χ1n) is 14.3. The van der Waals surface area contributed by atoms with Gasteiger partial charge in [0.2, 0.25) is 0 Å². The maximum atomic E-state index is 12.0. The van der Waals surface area contributed by atoms with E-state index in [4.69, 9.17) is 4.74 Å². The lowest BCUT2D eigenvalue weighted by Crippen LogP contribution is -2.53. The summed E-state index contributed by atoms with van der Waals surface area (Å²) in [6, 6.07) is 10.4. The highest BCUT2D eigenvalue weighted by Gasteiger charge is 2.27. The van der Waals surface area contributed by atoms with Crippen molar-refractivity contribution < 1.29 is 44.2 Å². The van der Waals surface area contributed by atoms with Gasteiger partial charge in [-0.2, -0.15) is 0 Å². The van der Waals surface area contributed by atoms with Gasteiger partial charge in [-0.3, -0.25) is 44.1 Å². The summed E-state index contributed by atoms with van der Waals surface area (Å²) in [6.07, 6.45) is 0.281. The van der Waals surface area contributed by atoms with Gasteiger partial charge in [-0.25, -0.2) is 9.78 Å². The molecule has 0 aliphatic carbocycles. The molecule has 1 unspecified atom stereocenters. The van der Waals surface area contributed by atoms with Crippen LogP contribution in [0.4, 0.5) is 5.69 Å². The van der Waals surface area contributed by atoms with Crippen LogP contribution in [0.25, 0.3) is 0 Å². The molecule has 16 nitrogen and oxygen atoms in total. The molecule has 2 heterocycles. The van der Waals surface area contributed by atoms with E-state index in [0.717, 1.165) is 0 Å². The number of methoxy groups -OCH3 is 1. The molecule has 1 aliphatic rings. The first-order chi connectivity index (χ1) is 21.4. The predicted molar refractivity (Wildman–Crippen MR) is 159 cm³/mol. The highest BCUT2D eigenvalue weighted by Crippen LogP contribution is 2.17. The Morgan fingerprint density at radius 1 is 0.844 bits per heavy atom. The van der Waals surface area contributed by atoms with Crippen molar-refractivity contribution in [2.75, 3.05) is 72.6 Å². The minimum absolute atomic E-state index is 0.0913. The van der Waals surface area contributed by atoms with E-state index in [1.54, 1.807) is 39.0 Å². The number of hydrogen-bond donors (Lipinski definition) is 3. The zero-order valence-corrected chi connectivity index (χ0v) is 25.0. The third kappa shape index (κ3) is 11.8. The van der Waals surface area contributed by atoms with Gasteiger partial charge in [0.1, 0.15) is 5.69 Å². The van der Waals surface area contributed by atoms with E-state index in [-0.39, 0.29) is 70.2 Å². The molecule has 45 heavy (non-hydrogen) atoms. The summed E-state index contributed by atoms with van der Waals surface area (Å²) in [5, 5.41) is 40.1. The summed E-state index contributed by atoms with van der Waals surface area (Å²) in [7, 11) is 1.26. The van der Waals surface area contributed by atoms with Crippen LogP contribution in [-0.4, -0.2) is 147 Å². The Labute approximate surface area is 259 Å². The summed E-state index contributed by atoms with van der Waals surface area (Å²) < 4.78 is 4.77. The van der Waals surface area contributed by atoms with Crippen molar-refractivity contribution in [2.45, 2.75) is 19.0 Å². The first-order valence-corrected chi connectivity index (χ1v) is 14.3. The molecular weight excluding hydrogens is 592 g/mol. The molecular formula is C29H38N6O10. The number of benzene rings is 1. The first kappa shape index (κ1) is 35.0. The number of carbonyl (C=O) groups excluding carboxylic acids is 1. The lowest BCUT2D eigenvalue weighted by Gasteiger charge is -2.38. The van der Waals surface area contributed by atoms with E-state index >= 15 is 0 Å². The van der Waals surface area contributed by atoms with Crippen LogP contribution in [0.1, 0.15) is 21.7 Å². The van der Waals surface area contributed by atoms with Gasteiger partial charge in [-0.15, -0.1) is 0 Å². The lowest BCUT2D eigenvalue weighted by molar-refractivity contribution is -0.384. The molecule has 2 aromatic rings. The highest BCUT2D eigenvalue weighted by molar-refractivity contribution is 5.87. The molecule has 244 valence electrons. The molecule has 1 atom stereocenters. The number of aliphatic carboxylic acids is 3. The normalized spacial score (nSPS) is 17.9. The summed E-state index contributed by atoms with van der Waals surface area (Å²) >= 11 is 0. The number of carbonyl (C=O) groups is 4. The van der Waals surface area contributed by atoms with Gasteiger partial charge >= 0.3 is 23.9 Å². The number of carboxylic acid groups (broad SMARTS) is 3. The monoisotopic (exact) mass is 630 g/mol. The molecule has 0 radical (unpaired) electrons. The Hall–Kier alpha value is -4.51. The van der Waals surface area contributed by atoms with Gasteiger partial charge in [0, 0.05) is 70.5 Å². The highest BCUT2D eigenvalue weighted by atomic mass is 16.6. The number of rotatable bonds is 12. The van der Waals surface area contributed by atoms with Crippen molar-refractivity contribution >= 4 is 29.6 Å². The molecule has 16 heteroatoms. The van der Waals surface area contributed by atoms with Crippen molar-refractivity contribution in [3.05, 3.63) is 69.5 Å². The number of nitro benzene ring substituents is 1. The van der Waals surface area contributed by atoms with Crippen molar-refractivity contribution in [2.24, 2.45) is 0 Å². The number of hydrogen-bond acceptors (Lipinski definition) is 12. The Bertz CT molecular complexity index is 1340. The van der Waals surface area contributed by atoms with Crippen molar-refractivity contribution in [1.82, 2.24) is 24.6 Å². The van der Waals surface area contributed by atoms with Gasteiger partial charge < -0.3 is 20.1 Å². The Kier molecular flexibility index (Phi) is 13.3. The topological polar surface area (TPSA) is 207 Å². The zero-order chi connectivity index (χ0) is 32.9. The second-order valence-corrected chi connectivity index (χ2v) is 10.7. The fourth-order valence-electron chi connectivity index (χ4n) is 5.21. The van der Waals surface area contributed by atoms with Crippen LogP contribution in [0.5, 0.6) is 0 Å². The minimum atomic E-state index is -1.08. The molecule has 0 amide bonds. The lowest BCUT2D eigenvalue weighted by atomic mass is 10.0. The van der Waals surface area contributed by atoms with E-state index in [0.29, 0.717) is 30.9 Å². The number of pyridine rings is 1. The maximum Gasteiger partial charge on any atom is 0.356 e. The molecule has 1 aliphatic heterocycles. The van der Waals surface area contributed by atoms with E-state index in [9.17, 15) is 44.6 Å². The quantitative estimate of drug-likeness (QED) is 0.164. The largest absolute Gasteiger partial charge is 0.480 e. The van der Waals surface area contributed by atoms with Gasteiger partial charge in [0.05, 0.1) is 37.4 Å². The number of esters is 1. The molecule has 1 aromatic carbocycles. The predicted octanol–water partition coefficient (Wildman–Crippen LogP) is 0.363.